The van der Waals surface area contributed by atoms with Crippen molar-refractivity contribution in [3.63, 3.8) is 0 Å². The fourth-order valence-electron chi connectivity index (χ4n) is 2.01. The van der Waals surface area contributed by atoms with Gasteiger partial charge in [0.15, 0.2) is 0 Å². The smallest absolute Gasteiger partial charge is 0.239 e. The third-order valence-electron chi connectivity index (χ3n) is 3.22. The summed E-state index contributed by atoms with van der Waals surface area (Å²) in [6, 6.07) is 9.33. The lowest BCUT2D eigenvalue weighted by molar-refractivity contribution is -0.131. The molecule has 1 atom stereocenters. The standard InChI is InChI=1S/C15H19N3OS.2ClH/c1-11-14(20-10-17-11)9-18(2)15(19)13(16)8-12-6-4-3-5-7-12;;/h3-7,10,13H,8-9,16H2,1-2H3;2*1H. The molecular formula is C15H21Cl2N3OS. The third kappa shape index (κ3) is 5.57. The van der Waals surface area contributed by atoms with Crippen molar-refractivity contribution in [1.82, 2.24) is 9.88 Å². The van der Waals surface area contributed by atoms with Crippen LogP contribution < -0.4 is 5.73 Å². The lowest BCUT2D eigenvalue weighted by Gasteiger charge is -2.21. The SMILES string of the molecule is Cc1ncsc1CN(C)C(=O)C(N)Cc1ccccc1.Cl.Cl. The van der Waals surface area contributed by atoms with Gasteiger partial charge in [-0.25, -0.2) is 4.98 Å². The Bertz CT molecular complexity index is 577. The van der Waals surface area contributed by atoms with E-state index in [1.807, 2.05) is 37.3 Å². The van der Waals surface area contributed by atoms with E-state index in [-0.39, 0.29) is 30.7 Å². The molecule has 0 radical (unpaired) electrons. The Morgan fingerprint density at radius 3 is 2.50 bits per heavy atom. The largest absolute Gasteiger partial charge is 0.339 e. The Morgan fingerprint density at radius 2 is 1.95 bits per heavy atom. The monoisotopic (exact) mass is 361 g/mol. The molecule has 0 saturated carbocycles. The number of aromatic nitrogens is 1. The summed E-state index contributed by atoms with van der Waals surface area (Å²) in [4.78, 5) is 19.2. The van der Waals surface area contributed by atoms with Gasteiger partial charge in [0, 0.05) is 11.9 Å². The van der Waals surface area contributed by atoms with Crippen LogP contribution in [0.15, 0.2) is 35.8 Å². The number of rotatable bonds is 5. The van der Waals surface area contributed by atoms with E-state index in [0.29, 0.717) is 13.0 Å². The van der Waals surface area contributed by atoms with Crippen molar-refractivity contribution >= 4 is 42.1 Å². The molecule has 122 valence electrons. The molecule has 1 aromatic carbocycles. The number of carbonyl (C=O) groups excluding carboxylic acids is 1. The van der Waals surface area contributed by atoms with Crippen molar-refractivity contribution < 1.29 is 4.79 Å². The highest BCUT2D eigenvalue weighted by atomic mass is 35.5. The van der Waals surface area contributed by atoms with Gasteiger partial charge >= 0.3 is 0 Å². The minimum Gasteiger partial charge on any atom is -0.339 e. The van der Waals surface area contributed by atoms with Crippen LogP contribution in [-0.2, 0) is 17.8 Å². The molecule has 2 aromatic rings. The second-order valence-corrected chi connectivity index (χ2v) is 5.79. The minimum atomic E-state index is -0.504. The molecule has 0 saturated heterocycles. The maximum atomic E-state index is 12.3. The maximum Gasteiger partial charge on any atom is 0.239 e. The van der Waals surface area contributed by atoms with Crippen LogP contribution in [0.1, 0.15) is 16.1 Å². The molecule has 0 bridgehead atoms. The van der Waals surface area contributed by atoms with Crippen molar-refractivity contribution in [3.05, 3.63) is 52.0 Å². The van der Waals surface area contributed by atoms with E-state index in [4.69, 9.17) is 5.73 Å². The Hall–Kier alpha value is -1.14. The predicted octanol–water partition coefficient (Wildman–Crippen LogP) is 2.82. The predicted molar refractivity (Wildman–Crippen MR) is 95.9 cm³/mol. The van der Waals surface area contributed by atoms with E-state index < -0.39 is 6.04 Å². The van der Waals surface area contributed by atoms with Gasteiger partial charge in [0.1, 0.15) is 0 Å². The number of halogens is 2. The summed E-state index contributed by atoms with van der Waals surface area (Å²) in [5.74, 6) is -0.0401. The summed E-state index contributed by atoms with van der Waals surface area (Å²) in [6.45, 7) is 2.52. The van der Waals surface area contributed by atoms with Crippen LogP contribution in [0.25, 0.3) is 0 Å². The summed E-state index contributed by atoms with van der Waals surface area (Å²) in [5.41, 5.74) is 9.87. The zero-order valence-electron chi connectivity index (χ0n) is 12.6. The molecule has 2 rings (SSSR count). The summed E-state index contributed by atoms with van der Waals surface area (Å²) in [5, 5.41) is 0. The Morgan fingerprint density at radius 1 is 1.32 bits per heavy atom. The topological polar surface area (TPSA) is 59.2 Å². The first kappa shape index (κ1) is 20.9. The maximum absolute atomic E-state index is 12.3. The molecular weight excluding hydrogens is 341 g/mol. The average molecular weight is 362 g/mol. The van der Waals surface area contributed by atoms with E-state index >= 15 is 0 Å². The number of hydrogen-bond acceptors (Lipinski definition) is 4. The molecule has 2 N–H and O–H groups in total. The van der Waals surface area contributed by atoms with Crippen LogP contribution >= 0.6 is 36.2 Å². The molecule has 1 heterocycles. The van der Waals surface area contributed by atoms with E-state index in [0.717, 1.165) is 16.1 Å². The second-order valence-electron chi connectivity index (χ2n) is 4.85. The average Bonchev–Trinajstić information content (AvgIpc) is 2.84. The van der Waals surface area contributed by atoms with Crippen LogP contribution in [0.4, 0.5) is 0 Å². The van der Waals surface area contributed by atoms with Crippen molar-refractivity contribution in [2.24, 2.45) is 5.73 Å². The summed E-state index contributed by atoms with van der Waals surface area (Å²) < 4.78 is 0. The first-order valence-electron chi connectivity index (χ1n) is 6.51. The van der Waals surface area contributed by atoms with Gasteiger partial charge in [0.2, 0.25) is 5.91 Å². The van der Waals surface area contributed by atoms with Gasteiger partial charge in [-0.1, -0.05) is 30.3 Å². The van der Waals surface area contributed by atoms with Gasteiger partial charge in [0.05, 0.1) is 23.8 Å². The van der Waals surface area contributed by atoms with Gasteiger partial charge in [0.25, 0.3) is 0 Å². The molecule has 0 spiro atoms. The molecule has 1 aromatic heterocycles. The fourth-order valence-corrected chi connectivity index (χ4v) is 2.84. The first-order valence-corrected chi connectivity index (χ1v) is 7.39. The van der Waals surface area contributed by atoms with Gasteiger partial charge < -0.3 is 10.6 Å². The third-order valence-corrected chi connectivity index (χ3v) is 4.14. The summed E-state index contributed by atoms with van der Waals surface area (Å²) in [7, 11) is 1.78. The van der Waals surface area contributed by atoms with Gasteiger partial charge in [-0.3, -0.25) is 4.79 Å². The highest BCUT2D eigenvalue weighted by Gasteiger charge is 2.19. The second kappa shape index (κ2) is 9.79. The lowest BCUT2D eigenvalue weighted by Crippen LogP contribution is -2.42. The molecule has 0 aliphatic rings. The van der Waals surface area contributed by atoms with Crippen molar-refractivity contribution in [2.45, 2.75) is 25.9 Å². The molecule has 1 amide bonds. The number of amides is 1. The molecule has 0 aliphatic carbocycles. The molecule has 4 nitrogen and oxygen atoms in total. The number of carbonyl (C=O) groups is 1. The van der Waals surface area contributed by atoms with Crippen LogP contribution in [0.5, 0.6) is 0 Å². The van der Waals surface area contributed by atoms with Crippen LogP contribution in [0.3, 0.4) is 0 Å². The number of aryl methyl sites for hydroxylation is 1. The minimum absolute atomic E-state index is 0. The quantitative estimate of drug-likeness (QED) is 0.890. The summed E-state index contributed by atoms with van der Waals surface area (Å²) in [6.07, 6.45) is 0.561. The number of nitrogens with zero attached hydrogens (tertiary/aromatic N) is 2. The Kier molecular flexibility index (Phi) is 9.28. The van der Waals surface area contributed by atoms with Crippen molar-refractivity contribution in [2.75, 3.05) is 7.05 Å². The Balaban J connectivity index is 0.00000220. The molecule has 1 unspecified atom stereocenters. The molecule has 0 fully saturated rings. The van der Waals surface area contributed by atoms with E-state index in [9.17, 15) is 4.79 Å². The van der Waals surface area contributed by atoms with Gasteiger partial charge in [-0.2, -0.15) is 0 Å². The van der Waals surface area contributed by atoms with Crippen LogP contribution in [0.2, 0.25) is 0 Å². The highest BCUT2D eigenvalue weighted by molar-refractivity contribution is 7.09. The highest BCUT2D eigenvalue weighted by Crippen LogP contribution is 2.15. The van der Waals surface area contributed by atoms with E-state index in [1.165, 1.54) is 0 Å². The molecule has 22 heavy (non-hydrogen) atoms. The number of hydrogen-bond donors (Lipinski definition) is 1. The number of likely N-dealkylation sites (N-methyl/N-ethyl adjacent to an activating group) is 1. The van der Waals surface area contributed by atoms with E-state index in [2.05, 4.69) is 4.98 Å². The molecule has 7 heteroatoms. The zero-order chi connectivity index (χ0) is 14.5. The van der Waals surface area contributed by atoms with E-state index in [1.54, 1.807) is 28.8 Å². The first-order chi connectivity index (χ1) is 9.58. The number of nitrogens with two attached hydrogens (primary N) is 1. The number of benzene rings is 1. The summed E-state index contributed by atoms with van der Waals surface area (Å²) >= 11 is 1.57. The lowest BCUT2D eigenvalue weighted by atomic mass is 10.1. The Labute approximate surface area is 147 Å². The van der Waals surface area contributed by atoms with Gasteiger partial charge in [-0.15, -0.1) is 36.2 Å². The zero-order valence-corrected chi connectivity index (χ0v) is 15.0. The molecule has 0 aliphatic heterocycles. The van der Waals surface area contributed by atoms with Crippen LogP contribution in [0, 0.1) is 6.92 Å². The van der Waals surface area contributed by atoms with Crippen LogP contribution in [-0.4, -0.2) is 28.9 Å². The van der Waals surface area contributed by atoms with Crippen molar-refractivity contribution in [3.8, 4) is 0 Å². The van der Waals surface area contributed by atoms with Gasteiger partial charge in [-0.05, 0) is 18.9 Å². The number of thiazole rings is 1. The fraction of sp³-hybridized carbons (Fsp3) is 0.333. The van der Waals surface area contributed by atoms with Crippen molar-refractivity contribution in [1.29, 1.82) is 0 Å². The normalized spacial score (nSPS) is 11.0.